The van der Waals surface area contributed by atoms with Crippen LogP contribution in [0.25, 0.3) is 10.9 Å². The van der Waals surface area contributed by atoms with Gasteiger partial charge in [-0.1, -0.05) is 11.6 Å². The number of fused-ring (bicyclic) bond motifs is 1. The molecule has 1 aromatic carbocycles. The Balaban J connectivity index is 1.40. The van der Waals surface area contributed by atoms with E-state index in [9.17, 15) is 18.7 Å². The van der Waals surface area contributed by atoms with Gasteiger partial charge in [0.2, 0.25) is 5.91 Å². The van der Waals surface area contributed by atoms with Crippen LogP contribution >= 0.6 is 0 Å². The molecule has 3 aliphatic rings. The van der Waals surface area contributed by atoms with Gasteiger partial charge in [0, 0.05) is 49.5 Å². The summed E-state index contributed by atoms with van der Waals surface area (Å²) in [5, 5.41) is 10.6. The molecule has 2 aromatic rings. The minimum atomic E-state index is -3.30. The van der Waals surface area contributed by atoms with Gasteiger partial charge in [0.05, 0.1) is 19.2 Å². The number of benzene rings is 1. The topological polar surface area (TPSA) is 91.2 Å². The molecule has 0 spiro atoms. The van der Waals surface area contributed by atoms with Crippen molar-refractivity contribution in [3.63, 3.8) is 0 Å². The number of amides is 1. The number of likely N-dealkylation sites (tertiary alicyclic amines) is 1. The summed E-state index contributed by atoms with van der Waals surface area (Å²) in [6, 6.07) is 4.39. The lowest BCUT2D eigenvalue weighted by molar-refractivity contribution is -0.162. The normalized spacial score (nSPS) is 23.9. The number of anilines is 1. The highest BCUT2D eigenvalue weighted by Crippen LogP contribution is 2.35. The number of hydrogen-bond donors (Lipinski definition) is 1. The molecule has 0 aliphatic carbocycles. The molecule has 214 valence electrons. The maximum atomic E-state index is 14.1. The molecule has 3 aliphatic heterocycles. The third-order valence-electron chi connectivity index (χ3n) is 8.37. The van der Waals surface area contributed by atoms with E-state index in [4.69, 9.17) is 9.72 Å². The van der Waals surface area contributed by atoms with Crippen molar-refractivity contribution in [3.8, 4) is 0 Å². The quantitative estimate of drug-likeness (QED) is 0.559. The summed E-state index contributed by atoms with van der Waals surface area (Å²) in [6.07, 6.45) is 4.15. The SMILES string of the molecule is COC1=NCC(c2cc(C)c3ncnc(N4CCC(C)=C(C=C(C)C(=O)N5CCC(O)C(F)(F)C5)C4)c3c2)CC1. The highest BCUT2D eigenvalue weighted by atomic mass is 19.3. The average Bonchev–Trinajstić information content (AvgIpc) is 2.95. The van der Waals surface area contributed by atoms with E-state index in [-0.39, 0.29) is 13.0 Å². The fourth-order valence-corrected chi connectivity index (χ4v) is 5.87. The van der Waals surface area contributed by atoms with Crippen molar-refractivity contribution in [1.82, 2.24) is 14.9 Å². The van der Waals surface area contributed by atoms with Gasteiger partial charge in [0.25, 0.3) is 5.92 Å². The number of aryl methyl sites for hydroxylation is 1. The van der Waals surface area contributed by atoms with Crippen molar-refractivity contribution < 1.29 is 23.4 Å². The fourth-order valence-electron chi connectivity index (χ4n) is 5.87. The number of ether oxygens (including phenoxy) is 1. The van der Waals surface area contributed by atoms with Crippen molar-refractivity contribution in [1.29, 1.82) is 0 Å². The number of rotatable bonds is 4. The maximum absolute atomic E-state index is 14.1. The lowest BCUT2D eigenvalue weighted by Gasteiger charge is -2.36. The number of carbonyl (C=O) groups is 1. The first kappa shape index (κ1) is 28.1. The van der Waals surface area contributed by atoms with Gasteiger partial charge in [-0.25, -0.2) is 18.7 Å². The minimum Gasteiger partial charge on any atom is -0.484 e. The smallest absolute Gasteiger partial charge is 0.290 e. The van der Waals surface area contributed by atoms with Crippen molar-refractivity contribution in [2.24, 2.45) is 4.99 Å². The molecule has 1 aromatic heterocycles. The number of alkyl halides is 2. The van der Waals surface area contributed by atoms with Crippen LogP contribution in [0.4, 0.5) is 14.6 Å². The highest BCUT2D eigenvalue weighted by molar-refractivity contribution is 5.94. The monoisotopic (exact) mass is 553 g/mol. The summed E-state index contributed by atoms with van der Waals surface area (Å²) in [7, 11) is 1.66. The molecule has 2 unspecified atom stereocenters. The van der Waals surface area contributed by atoms with Crippen LogP contribution in [0.5, 0.6) is 0 Å². The third-order valence-corrected chi connectivity index (χ3v) is 8.37. The van der Waals surface area contributed by atoms with Crippen LogP contribution in [-0.4, -0.2) is 83.6 Å². The first-order valence-corrected chi connectivity index (χ1v) is 13.9. The first-order valence-electron chi connectivity index (χ1n) is 13.9. The largest absolute Gasteiger partial charge is 0.484 e. The lowest BCUT2D eigenvalue weighted by atomic mass is 9.90. The predicted octanol–water partition coefficient (Wildman–Crippen LogP) is 4.56. The zero-order valence-electron chi connectivity index (χ0n) is 23.6. The van der Waals surface area contributed by atoms with Crippen molar-refractivity contribution in [2.75, 3.05) is 44.7 Å². The Hall–Kier alpha value is -3.40. The van der Waals surface area contributed by atoms with Crippen molar-refractivity contribution >= 4 is 28.5 Å². The summed E-state index contributed by atoms with van der Waals surface area (Å²) >= 11 is 0. The third kappa shape index (κ3) is 5.59. The van der Waals surface area contributed by atoms with Crippen LogP contribution in [0, 0.1) is 6.92 Å². The fraction of sp³-hybridized carbons (Fsp3) is 0.533. The molecule has 1 saturated heterocycles. The molecule has 0 radical (unpaired) electrons. The van der Waals surface area contributed by atoms with Crippen molar-refractivity contribution in [3.05, 3.63) is 52.4 Å². The van der Waals surface area contributed by atoms with Gasteiger partial charge in [-0.2, -0.15) is 0 Å². The molecule has 8 nitrogen and oxygen atoms in total. The standard InChI is InChI=1S/C30H37F2N5O3/c1-18-7-9-36(15-23(18)12-20(3)29(39)37-10-8-25(38)30(31,32)16-37)28-24-13-22(11-19(2)27(24)34-17-35-28)21-5-6-26(40-4)33-14-21/h11-13,17,21,25,38H,5-10,14-16H2,1-4H3. The number of hydrogen-bond acceptors (Lipinski definition) is 7. The molecule has 1 amide bonds. The Bertz CT molecular complexity index is 1400. The van der Waals surface area contributed by atoms with Crippen LogP contribution in [0.1, 0.15) is 56.6 Å². The summed E-state index contributed by atoms with van der Waals surface area (Å²) in [5.41, 5.74) is 5.76. The van der Waals surface area contributed by atoms with Gasteiger partial charge in [-0.05, 0) is 68.9 Å². The Kier molecular flexibility index (Phi) is 7.90. The van der Waals surface area contributed by atoms with Crippen LogP contribution < -0.4 is 4.90 Å². The molecule has 10 heteroatoms. The van der Waals surface area contributed by atoms with Crippen LogP contribution in [0.2, 0.25) is 0 Å². The second-order valence-corrected chi connectivity index (χ2v) is 11.2. The summed E-state index contributed by atoms with van der Waals surface area (Å²) in [6.45, 7) is 7.13. The van der Waals surface area contributed by atoms with Gasteiger partial charge in [0.1, 0.15) is 18.2 Å². The van der Waals surface area contributed by atoms with Gasteiger partial charge in [0.15, 0.2) is 5.90 Å². The molecule has 1 N–H and O–H groups in total. The summed E-state index contributed by atoms with van der Waals surface area (Å²) in [4.78, 5) is 30.2. The number of aliphatic imine (C=N–C) groups is 1. The van der Waals surface area contributed by atoms with Crippen LogP contribution in [-0.2, 0) is 9.53 Å². The number of aliphatic hydroxyl groups is 1. The number of aliphatic hydroxyl groups excluding tert-OH is 1. The first-order chi connectivity index (χ1) is 19.1. The summed E-state index contributed by atoms with van der Waals surface area (Å²) in [5.74, 6) is -1.78. The van der Waals surface area contributed by atoms with E-state index in [0.717, 1.165) is 70.0 Å². The Morgan fingerprint density at radius 3 is 2.67 bits per heavy atom. The second kappa shape index (κ2) is 11.2. The van der Waals surface area contributed by atoms with E-state index in [1.807, 2.05) is 13.0 Å². The maximum Gasteiger partial charge on any atom is 0.290 e. The number of carbonyl (C=O) groups excluding carboxylic acids is 1. The molecule has 0 bridgehead atoms. The molecular formula is C30H37F2N5O3. The zero-order chi connectivity index (χ0) is 28.6. The molecule has 2 atom stereocenters. The van der Waals surface area contributed by atoms with Gasteiger partial charge in [-0.3, -0.25) is 9.79 Å². The molecular weight excluding hydrogens is 516 g/mol. The van der Waals surface area contributed by atoms with Gasteiger partial charge in [-0.15, -0.1) is 0 Å². The minimum absolute atomic E-state index is 0.110. The Morgan fingerprint density at radius 1 is 1.18 bits per heavy atom. The molecule has 5 rings (SSSR count). The number of halogens is 2. The number of aromatic nitrogens is 2. The molecule has 1 fully saturated rings. The predicted molar refractivity (Wildman–Crippen MR) is 151 cm³/mol. The number of piperidine rings is 1. The van der Waals surface area contributed by atoms with E-state index in [0.29, 0.717) is 24.6 Å². The van der Waals surface area contributed by atoms with E-state index in [2.05, 4.69) is 33.9 Å². The Morgan fingerprint density at radius 2 is 1.98 bits per heavy atom. The highest BCUT2D eigenvalue weighted by Gasteiger charge is 2.45. The van der Waals surface area contributed by atoms with Crippen LogP contribution in [0.3, 0.4) is 0 Å². The van der Waals surface area contributed by atoms with E-state index < -0.39 is 24.5 Å². The molecule has 40 heavy (non-hydrogen) atoms. The van der Waals surface area contributed by atoms with Crippen LogP contribution in [0.15, 0.2) is 46.2 Å². The second-order valence-electron chi connectivity index (χ2n) is 11.2. The Labute approximate surface area is 233 Å². The zero-order valence-corrected chi connectivity index (χ0v) is 23.6. The van der Waals surface area contributed by atoms with E-state index in [1.54, 1.807) is 20.4 Å². The van der Waals surface area contributed by atoms with Crippen molar-refractivity contribution in [2.45, 2.75) is 64.4 Å². The summed E-state index contributed by atoms with van der Waals surface area (Å²) < 4.78 is 33.5. The van der Waals surface area contributed by atoms with E-state index in [1.165, 1.54) is 5.56 Å². The lowest BCUT2D eigenvalue weighted by Crippen LogP contribution is -2.53. The number of nitrogens with zero attached hydrogens (tertiary/aromatic N) is 5. The van der Waals surface area contributed by atoms with Gasteiger partial charge < -0.3 is 19.6 Å². The average molecular weight is 554 g/mol. The molecule has 4 heterocycles. The number of methoxy groups -OCH3 is 1. The van der Waals surface area contributed by atoms with E-state index >= 15 is 0 Å². The van der Waals surface area contributed by atoms with Gasteiger partial charge >= 0.3 is 0 Å². The molecule has 0 saturated carbocycles.